The van der Waals surface area contributed by atoms with Crippen molar-refractivity contribution < 1.29 is 19.4 Å². The predicted molar refractivity (Wildman–Crippen MR) is 51.9 cm³/mol. The maximum atomic E-state index is 11.2. The van der Waals surface area contributed by atoms with E-state index in [2.05, 4.69) is 0 Å². The first kappa shape index (κ1) is 11.6. The van der Waals surface area contributed by atoms with E-state index in [0.29, 0.717) is 0 Å². The Labute approximate surface area is 91.0 Å². The first-order valence-corrected chi connectivity index (χ1v) is 4.47. The molecule has 0 aromatic rings. The molecule has 0 radical (unpaired) electrons. The molecule has 0 aromatic carbocycles. The number of amides is 1. The minimum absolute atomic E-state index is 0.146. The van der Waals surface area contributed by atoms with Gasteiger partial charge in [0.05, 0.1) is 12.7 Å². The molecule has 15 heavy (non-hydrogen) atoms. The molecule has 80 valence electrons. The smallest absolute Gasteiger partial charge is 0.339 e. The van der Waals surface area contributed by atoms with Gasteiger partial charge in [-0.2, -0.15) is 5.26 Å². The minimum atomic E-state index is -1.33. The van der Waals surface area contributed by atoms with E-state index in [1.807, 2.05) is 6.07 Å². The molecule has 1 N–H and O–H groups in total. The van der Waals surface area contributed by atoms with Gasteiger partial charge in [0.1, 0.15) is 11.0 Å². The lowest BCUT2D eigenvalue weighted by Gasteiger charge is -2.34. The van der Waals surface area contributed by atoms with Gasteiger partial charge in [-0.3, -0.25) is 9.69 Å². The maximum absolute atomic E-state index is 11.2. The molecule has 1 amide bonds. The highest BCUT2D eigenvalue weighted by Crippen LogP contribution is 2.15. The number of carbonyl (C=O) groups is 2. The van der Waals surface area contributed by atoms with Crippen LogP contribution in [0.1, 0.15) is 6.92 Å². The molecule has 0 saturated carbocycles. The van der Waals surface area contributed by atoms with Crippen molar-refractivity contribution in [3.05, 3.63) is 0 Å². The van der Waals surface area contributed by atoms with E-state index in [4.69, 9.17) is 27.3 Å². The minimum Gasteiger partial charge on any atom is -0.479 e. The number of nitriles is 1. The van der Waals surface area contributed by atoms with Crippen LogP contribution in [0.5, 0.6) is 0 Å². The monoisotopic (exact) mass is 228 g/mol. The summed E-state index contributed by atoms with van der Waals surface area (Å²) in [4.78, 5) is 22.7. The van der Waals surface area contributed by atoms with Crippen LogP contribution in [0.3, 0.4) is 0 Å². The summed E-state index contributed by atoms with van der Waals surface area (Å²) in [5, 5.41) is 17.5. The van der Waals surface area contributed by atoms with Crippen LogP contribution in [0, 0.1) is 11.3 Å². The molecular weight excluding hydrogens is 220 g/mol. The molecule has 1 heterocycles. The Bertz CT molecular complexity index is 362. The zero-order valence-corrected chi connectivity index (χ0v) is 8.65. The molecular formula is C8H8N2O4S. The molecule has 1 aliphatic heterocycles. The summed E-state index contributed by atoms with van der Waals surface area (Å²) in [5.41, 5.74) is 0. The van der Waals surface area contributed by atoms with Crippen LogP contribution in [-0.4, -0.2) is 45.6 Å². The van der Waals surface area contributed by atoms with E-state index in [1.165, 1.54) is 6.92 Å². The van der Waals surface area contributed by atoms with Crippen molar-refractivity contribution in [3.8, 4) is 6.07 Å². The normalized spacial score (nSPS) is 25.9. The largest absolute Gasteiger partial charge is 0.479 e. The van der Waals surface area contributed by atoms with Crippen LogP contribution < -0.4 is 0 Å². The van der Waals surface area contributed by atoms with Crippen molar-refractivity contribution >= 4 is 29.1 Å². The Balaban J connectivity index is 2.97. The molecule has 0 spiro atoms. The average molecular weight is 228 g/mol. The lowest BCUT2D eigenvalue weighted by atomic mass is 10.2. The fraction of sp³-hybridized carbons (Fsp3) is 0.500. The molecule has 6 nitrogen and oxygen atoms in total. The number of aliphatic carboxylic acids is 1. The molecule has 0 aliphatic carbocycles. The van der Waals surface area contributed by atoms with Crippen molar-refractivity contribution in [1.29, 1.82) is 5.26 Å². The van der Waals surface area contributed by atoms with Gasteiger partial charge in [-0.05, 0) is 0 Å². The number of carboxylic acid groups (broad SMARTS) is 1. The number of carboxylic acids is 1. The summed E-state index contributed by atoms with van der Waals surface area (Å²) < 4.78 is 4.88. The Kier molecular flexibility index (Phi) is 3.34. The highest BCUT2D eigenvalue weighted by Gasteiger charge is 2.39. The lowest BCUT2D eigenvalue weighted by molar-refractivity contribution is -0.149. The summed E-state index contributed by atoms with van der Waals surface area (Å²) >= 11 is 4.79. The van der Waals surface area contributed by atoms with E-state index < -0.39 is 24.0 Å². The molecule has 2 atom stereocenters. The molecule has 1 fully saturated rings. The quantitative estimate of drug-likeness (QED) is 0.610. The summed E-state index contributed by atoms with van der Waals surface area (Å²) in [6.07, 6.45) is -1.33. The number of hydrogen-bond acceptors (Lipinski definition) is 5. The number of ether oxygens (including phenoxy) is 1. The van der Waals surface area contributed by atoms with Crippen molar-refractivity contribution in [2.24, 2.45) is 0 Å². The van der Waals surface area contributed by atoms with Gasteiger partial charge in [0, 0.05) is 6.92 Å². The zero-order chi connectivity index (χ0) is 11.6. The molecule has 1 saturated heterocycles. The van der Waals surface area contributed by atoms with Crippen LogP contribution in [0.2, 0.25) is 0 Å². The predicted octanol–water partition coefficient (Wildman–Crippen LogP) is -0.462. The van der Waals surface area contributed by atoms with Gasteiger partial charge in [-0.25, -0.2) is 4.79 Å². The number of rotatable bonds is 1. The van der Waals surface area contributed by atoms with Gasteiger partial charge >= 0.3 is 5.97 Å². The second-order valence-corrected chi connectivity index (χ2v) is 3.34. The standard InChI is InChI=1S/C8H8N2O4S/c1-4(11)10-5(2-9)3-14-6(7(10)15)8(12)13/h5-6H,3H2,1H3,(H,12,13)/t5-,6+/m1/s1. The van der Waals surface area contributed by atoms with E-state index in [9.17, 15) is 9.59 Å². The van der Waals surface area contributed by atoms with Crippen molar-refractivity contribution in [2.75, 3.05) is 6.61 Å². The van der Waals surface area contributed by atoms with Crippen molar-refractivity contribution in [1.82, 2.24) is 4.90 Å². The fourth-order valence-electron chi connectivity index (χ4n) is 1.26. The third kappa shape index (κ3) is 2.11. The van der Waals surface area contributed by atoms with Crippen LogP contribution in [-0.2, 0) is 14.3 Å². The number of carbonyl (C=O) groups excluding carboxylic acids is 1. The molecule has 0 unspecified atom stereocenters. The summed E-state index contributed by atoms with van der Waals surface area (Å²) in [5.74, 6) is -1.72. The van der Waals surface area contributed by atoms with Crippen molar-refractivity contribution in [3.63, 3.8) is 0 Å². The average Bonchev–Trinajstić information content (AvgIpc) is 2.15. The molecule has 0 bridgehead atoms. The van der Waals surface area contributed by atoms with Crippen LogP contribution in [0.4, 0.5) is 0 Å². The van der Waals surface area contributed by atoms with Crippen LogP contribution in [0.25, 0.3) is 0 Å². The van der Waals surface area contributed by atoms with E-state index in [0.717, 1.165) is 4.90 Å². The number of morpholine rings is 1. The van der Waals surface area contributed by atoms with E-state index in [1.54, 1.807) is 0 Å². The maximum Gasteiger partial charge on any atom is 0.339 e. The summed E-state index contributed by atoms with van der Waals surface area (Å²) in [6.45, 7) is 1.08. The third-order valence-electron chi connectivity index (χ3n) is 1.91. The Hall–Kier alpha value is -1.52. The molecule has 1 aliphatic rings. The summed E-state index contributed by atoms with van der Waals surface area (Å²) in [7, 11) is 0. The van der Waals surface area contributed by atoms with Crippen molar-refractivity contribution in [2.45, 2.75) is 19.1 Å². The van der Waals surface area contributed by atoms with Crippen LogP contribution in [0.15, 0.2) is 0 Å². The number of nitrogens with zero attached hydrogens (tertiary/aromatic N) is 2. The Morgan fingerprint density at radius 2 is 2.33 bits per heavy atom. The van der Waals surface area contributed by atoms with Gasteiger partial charge in [0.2, 0.25) is 12.0 Å². The number of thiocarbonyl (C=S) groups is 1. The second-order valence-electron chi connectivity index (χ2n) is 2.92. The lowest BCUT2D eigenvalue weighted by Crippen LogP contribution is -2.56. The first-order chi connectivity index (χ1) is 6.99. The third-order valence-corrected chi connectivity index (χ3v) is 2.32. The summed E-state index contributed by atoms with van der Waals surface area (Å²) in [6, 6.07) is 0.983. The molecule has 0 aromatic heterocycles. The van der Waals surface area contributed by atoms with Gasteiger partial charge in [0.25, 0.3) is 0 Å². The van der Waals surface area contributed by atoms with Gasteiger partial charge in [-0.1, -0.05) is 12.2 Å². The molecule has 7 heteroatoms. The van der Waals surface area contributed by atoms with Crippen LogP contribution >= 0.6 is 12.2 Å². The molecule has 1 rings (SSSR count). The van der Waals surface area contributed by atoms with E-state index >= 15 is 0 Å². The first-order valence-electron chi connectivity index (χ1n) is 4.06. The SMILES string of the molecule is CC(=O)N1C(=S)[C@@H](C(=O)O)OC[C@H]1C#N. The second kappa shape index (κ2) is 4.33. The zero-order valence-electron chi connectivity index (χ0n) is 7.84. The number of hydrogen-bond donors (Lipinski definition) is 1. The fourth-order valence-corrected chi connectivity index (χ4v) is 1.68. The van der Waals surface area contributed by atoms with Gasteiger partial charge in [-0.15, -0.1) is 0 Å². The van der Waals surface area contributed by atoms with E-state index in [-0.39, 0.29) is 11.6 Å². The topological polar surface area (TPSA) is 90.6 Å². The van der Waals surface area contributed by atoms with Gasteiger partial charge < -0.3 is 9.84 Å². The Morgan fingerprint density at radius 3 is 2.73 bits per heavy atom. The Morgan fingerprint density at radius 1 is 1.73 bits per heavy atom. The highest BCUT2D eigenvalue weighted by atomic mass is 32.1. The highest BCUT2D eigenvalue weighted by molar-refractivity contribution is 7.80. The van der Waals surface area contributed by atoms with Gasteiger partial charge in [0.15, 0.2) is 0 Å².